The summed E-state index contributed by atoms with van der Waals surface area (Å²) in [6.07, 6.45) is 4.75. The molecule has 0 amide bonds. The highest BCUT2D eigenvalue weighted by Crippen LogP contribution is 2.34. The van der Waals surface area contributed by atoms with E-state index in [-0.39, 0.29) is 34.5 Å². The molecular formula is C49H42O13. The smallest absolute Gasteiger partial charge is 0.343 e. The zero-order valence-corrected chi connectivity index (χ0v) is 33.8. The summed E-state index contributed by atoms with van der Waals surface area (Å²) >= 11 is 0. The number of carbonyl (C=O) groups is 5. The standard InChI is InChI=1S/C49H42O13/c1-3-46(51)56-23-7-5-4-6-22-55-40-18-14-33-24-37(10-8-35(33)26-40)48(53)61-42-20-21-44(45(28-42)59-31(2)50)62-49(54)38-11-9-36-27-41(19-15-34(36)25-38)60-47(52)32-12-16-39(17-13-32)57-29-43-30-58-43/h3,8-21,24-28,43H,1,4-7,22-23,29-30H2,2H3. The Kier molecular flexibility index (Phi) is 13.9. The van der Waals surface area contributed by atoms with Crippen LogP contribution in [-0.2, 0) is 19.1 Å². The summed E-state index contributed by atoms with van der Waals surface area (Å²) in [6, 6.07) is 31.3. The van der Waals surface area contributed by atoms with E-state index in [0.29, 0.717) is 60.0 Å². The summed E-state index contributed by atoms with van der Waals surface area (Å²) in [5.41, 5.74) is 0.841. The van der Waals surface area contributed by atoms with Crippen molar-refractivity contribution in [1.29, 1.82) is 0 Å². The Hall–Kier alpha value is -7.51. The van der Waals surface area contributed by atoms with Gasteiger partial charge in [-0.05, 0) is 132 Å². The fourth-order valence-corrected chi connectivity index (χ4v) is 6.24. The van der Waals surface area contributed by atoms with Gasteiger partial charge in [-0.2, -0.15) is 0 Å². The van der Waals surface area contributed by atoms with Gasteiger partial charge in [0.1, 0.15) is 35.7 Å². The normalized spacial score (nSPS) is 12.8. The second-order valence-corrected chi connectivity index (χ2v) is 14.2. The molecule has 1 atom stereocenters. The van der Waals surface area contributed by atoms with Crippen molar-refractivity contribution >= 4 is 51.4 Å². The molecule has 0 bridgehead atoms. The van der Waals surface area contributed by atoms with E-state index in [4.69, 9.17) is 37.9 Å². The molecule has 1 heterocycles. The molecule has 0 saturated carbocycles. The van der Waals surface area contributed by atoms with E-state index in [0.717, 1.165) is 42.5 Å². The van der Waals surface area contributed by atoms with Crippen LogP contribution in [0.4, 0.5) is 0 Å². The Morgan fingerprint density at radius 1 is 0.548 bits per heavy atom. The molecule has 1 saturated heterocycles. The third-order valence-corrected chi connectivity index (χ3v) is 9.53. The average Bonchev–Trinajstić information content (AvgIpc) is 4.11. The number of benzene rings is 6. The quantitative estimate of drug-likeness (QED) is 0.0250. The molecule has 1 aliphatic heterocycles. The second-order valence-electron chi connectivity index (χ2n) is 14.2. The van der Waals surface area contributed by atoms with Gasteiger partial charge < -0.3 is 37.9 Å². The summed E-state index contributed by atoms with van der Waals surface area (Å²) in [5.74, 6) is -1.52. The molecule has 0 radical (unpaired) electrons. The van der Waals surface area contributed by atoms with Crippen molar-refractivity contribution in [2.75, 3.05) is 26.4 Å². The lowest BCUT2D eigenvalue weighted by molar-refractivity contribution is -0.138. The Morgan fingerprint density at radius 3 is 1.71 bits per heavy atom. The zero-order valence-electron chi connectivity index (χ0n) is 33.8. The molecule has 1 unspecified atom stereocenters. The predicted octanol–water partition coefficient (Wildman–Crippen LogP) is 9.02. The summed E-state index contributed by atoms with van der Waals surface area (Å²) in [5, 5.41) is 3.05. The number of carbonyl (C=O) groups excluding carboxylic acids is 5. The highest BCUT2D eigenvalue weighted by molar-refractivity contribution is 5.98. The van der Waals surface area contributed by atoms with Crippen molar-refractivity contribution in [1.82, 2.24) is 0 Å². The molecule has 316 valence electrons. The first-order valence-electron chi connectivity index (χ1n) is 19.9. The SMILES string of the molecule is C=CC(=O)OCCCCCCOc1ccc2cc(C(=O)Oc3ccc(OC(=O)c4ccc5cc(OC(=O)c6ccc(OCC7CO7)cc6)ccc5c4)c(OC(C)=O)c3)ccc2c1. The lowest BCUT2D eigenvalue weighted by Gasteiger charge is -2.12. The lowest BCUT2D eigenvalue weighted by Crippen LogP contribution is -2.12. The van der Waals surface area contributed by atoms with E-state index in [1.54, 1.807) is 78.9 Å². The minimum absolute atomic E-state index is 0.0559. The maximum absolute atomic E-state index is 13.3. The Balaban J connectivity index is 0.929. The van der Waals surface area contributed by atoms with Gasteiger partial charge in [-0.15, -0.1) is 0 Å². The van der Waals surface area contributed by atoms with Gasteiger partial charge in [0.25, 0.3) is 0 Å². The fraction of sp³-hybridized carbons (Fsp3) is 0.204. The number of epoxide rings is 1. The van der Waals surface area contributed by atoms with Crippen molar-refractivity contribution in [3.63, 3.8) is 0 Å². The molecule has 0 spiro atoms. The molecule has 13 heteroatoms. The van der Waals surface area contributed by atoms with Gasteiger partial charge >= 0.3 is 29.8 Å². The Morgan fingerprint density at radius 2 is 1.06 bits per heavy atom. The molecule has 0 aromatic heterocycles. The minimum atomic E-state index is -0.733. The van der Waals surface area contributed by atoms with Crippen molar-refractivity contribution in [3.8, 4) is 34.5 Å². The molecule has 0 aliphatic carbocycles. The number of esters is 5. The average molecular weight is 839 g/mol. The molecule has 6 aromatic rings. The molecule has 13 nitrogen and oxygen atoms in total. The number of hydrogen-bond donors (Lipinski definition) is 0. The van der Waals surface area contributed by atoms with Crippen LogP contribution in [0.25, 0.3) is 21.5 Å². The van der Waals surface area contributed by atoms with Crippen LogP contribution in [0.3, 0.4) is 0 Å². The summed E-state index contributed by atoms with van der Waals surface area (Å²) in [4.78, 5) is 62.5. The van der Waals surface area contributed by atoms with Gasteiger partial charge in [-0.3, -0.25) is 4.79 Å². The Bertz CT molecular complexity index is 2630. The Labute approximate surface area is 356 Å². The number of unbranched alkanes of at least 4 members (excludes halogenated alkanes) is 3. The van der Waals surface area contributed by atoms with Crippen LogP contribution in [0.15, 0.2) is 128 Å². The maximum atomic E-state index is 13.3. The largest absolute Gasteiger partial charge is 0.494 e. The monoisotopic (exact) mass is 838 g/mol. The van der Waals surface area contributed by atoms with Crippen molar-refractivity contribution < 1.29 is 61.9 Å². The van der Waals surface area contributed by atoms with E-state index in [2.05, 4.69) is 6.58 Å². The van der Waals surface area contributed by atoms with E-state index in [9.17, 15) is 24.0 Å². The second kappa shape index (κ2) is 20.2. The molecular weight excluding hydrogens is 797 g/mol. The number of hydrogen-bond acceptors (Lipinski definition) is 13. The first-order valence-corrected chi connectivity index (χ1v) is 19.9. The zero-order chi connectivity index (χ0) is 43.4. The van der Waals surface area contributed by atoms with Crippen LogP contribution < -0.4 is 28.4 Å². The summed E-state index contributed by atoms with van der Waals surface area (Å²) < 4.78 is 43.8. The van der Waals surface area contributed by atoms with Crippen LogP contribution in [-0.4, -0.2) is 62.4 Å². The van der Waals surface area contributed by atoms with E-state index < -0.39 is 29.8 Å². The highest BCUT2D eigenvalue weighted by atomic mass is 16.6. The van der Waals surface area contributed by atoms with Gasteiger partial charge in [0.2, 0.25) is 0 Å². The van der Waals surface area contributed by atoms with Gasteiger partial charge in [-0.25, -0.2) is 19.2 Å². The number of rotatable bonds is 19. The molecule has 0 N–H and O–H groups in total. The van der Waals surface area contributed by atoms with Crippen LogP contribution in [0.1, 0.15) is 63.7 Å². The predicted molar refractivity (Wildman–Crippen MR) is 227 cm³/mol. The molecule has 7 rings (SSSR count). The van der Waals surface area contributed by atoms with E-state index in [1.165, 1.54) is 25.1 Å². The van der Waals surface area contributed by atoms with E-state index >= 15 is 0 Å². The van der Waals surface area contributed by atoms with Crippen LogP contribution >= 0.6 is 0 Å². The van der Waals surface area contributed by atoms with Gasteiger partial charge in [-0.1, -0.05) is 30.8 Å². The third-order valence-electron chi connectivity index (χ3n) is 9.53. The fourth-order valence-electron chi connectivity index (χ4n) is 6.24. The third kappa shape index (κ3) is 11.8. The molecule has 62 heavy (non-hydrogen) atoms. The molecule has 6 aromatic carbocycles. The van der Waals surface area contributed by atoms with E-state index in [1.807, 2.05) is 18.2 Å². The van der Waals surface area contributed by atoms with Crippen molar-refractivity contribution in [2.24, 2.45) is 0 Å². The lowest BCUT2D eigenvalue weighted by atomic mass is 10.1. The van der Waals surface area contributed by atoms with Crippen LogP contribution in [0, 0.1) is 0 Å². The van der Waals surface area contributed by atoms with Gasteiger partial charge in [0.05, 0.1) is 36.5 Å². The van der Waals surface area contributed by atoms with Crippen molar-refractivity contribution in [3.05, 3.63) is 145 Å². The summed E-state index contributed by atoms with van der Waals surface area (Å²) in [6.45, 7) is 6.62. The number of fused-ring (bicyclic) bond motifs is 2. The topological polar surface area (TPSA) is 162 Å². The summed E-state index contributed by atoms with van der Waals surface area (Å²) in [7, 11) is 0. The first-order chi connectivity index (χ1) is 30.1. The number of ether oxygens (including phenoxy) is 8. The van der Waals surface area contributed by atoms with Gasteiger partial charge in [0.15, 0.2) is 11.5 Å². The first kappa shape index (κ1) is 42.6. The van der Waals surface area contributed by atoms with Crippen LogP contribution in [0.5, 0.6) is 34.5 Å². The molecule has 1 aliphatic rings. The van der Waals surface area contributed by atoms with Crippen molar-refractivity contribution in [2.45, 2.75) is 38.7 Å². The highest BCUT2D eigenvalue weighted by Gasteiger charge is 2.23. The minimum Gasteiger partial charge on any atom is -0.494 e. The molecule has 1 fully saturated rings. The maximum Gasteiger partial charge on any atom is 0.343 e. The van der Waals surface area contributed by atoms with Gasteiger partial charge in [0, 0.05) is 19.1 Å². The van der Waals surface area contributed by atoms with Crippen LogP contribution in [0.2, 0.25) is 0 Å².